The van der Waals surface area contributed by atoms with Crippen LogP contribution in [0.2, 0.25) is 0 Å². The van der Waals surface area contributed by atoms with Crippen LogP contribution in [0.1, 0.15) is 12.8 Å². The summed E-state index contributed by atoms with van der Waals surface area (Å²) in [6.07, 6.45) is 2.40. The Morgan fingerprint density at radius 2 is 1.75 bits per heavy atom. The lowest BCUT2D eigenvalue weighted by Crippen LogP contribution is -2.52. The molecule has 2 aliphatic rings. The van der Waals surface area contributed by atoms with Crippen molar-refractivity contribution in [1.82, 2.24) is 14.1 Å². The molecule has 32 heavy (non-hydrogen) atoms. The van der Waals surface area contributed by atoms with Crippen molar-refractivity contribution in [1.29, 1.82) is 0 Å². The lowest BCUT2D eigenvalue weighted by molar-refractivity contribution is -0.133. The maximum absolute atomic E-state index is 12.7. The average molecular weight is 469 g/mol. The molecule has 1 N–H and O–H groups in total. The highest BCUT2D eigenvalue weighted by Gasteiger charge is 2.38. The molecule has 3 rings (SSSR count). The van der Waals surface area contributed by atoms with E-state index in [0.29, 0.717) is 39.0 Å². The molecule has 1 aromatic rings. The van der Waals surface area contributed by atoms with Crippen LogP contribution in [0, 0.1) is 5.92 Å². The summed E-state index contributed by atoms with van der Waals surface area (Å²) in [5.74, 6) is 0.269. The van der Waals surface area contributed by atoms with Crippen LogP contribution in [-0.4, -0.2) is 112 Å². The molecule has 1 amide bonds. The lowest BCUT2D eigenvalue weighted by Gasteiger charge is -2.42. The number of piperidine rings is 1. The fourth-order valence-electron chi connectivity index (χ4n) is 4.57. The number of benzene rings is 1. The number of aliphatic hydroxyl groups is 1. The van der Waals surface area contributed by atoms with Gasteiger partial charge in [-0.2, -0.15) is 0 Å². The van der Waals surface area contributed by atoms with Gasteiger partial charge in [0.25, 0.3) is 0 Å². The maximum atomic E-state index is 12.7. The summed E-state index contributed by atoms with van der Waals surface area (Å²) in [6, 6.07) is 7.91. The first kappa shape index (κ1) is 24.8. The summed E-state index contributed by atoms with van der Waals surface area (Å²) < 4.78 is 30.9. The third kappa shape index (κ3) is 6.12. The zero-order chi connectivity index (χ0) is 23.5. The fraction of sp³-hybridized carbons (Fsp3) is 0.682. The van der Waals surface area contributed by atoms with Gasteiger partial charge in [-0.05, 0) is 37.1 Å². The fourth-order valence-corrected chi connectivity index (χ4v) is 5.43. The Hall–Kier alpha value is -1.88. The maximum Gasteiger partial charge on any atom is 0.227 e. The lowest BCUT2D eigenvalue weighted by atomic mass is 9.90. The number of sulfonamides is 1. The van der Waals surface area contributed by atoms with Crippen LogP contribution in [-0.2, 0) is 14.8 Å². The van der Waals surface area contributed by atoms with E-state index in [4.69, 9.17) is 4.74 Å². The van der Waals surface area contributed by atoms with Gasteiger partial charge in [0.2, 0.25) is 15.9 Å². The normalized spacial score (nSPS) is 22.9. The largest absolute Gasteiger partial charge is 0.497 e. The summed E-state index contributed by atoms with van der Waals surface area (Å²) in [5.41, 5.74) is 0.234. The number of carbonyl (C=O) groups excluding carboxylic acids is 1. The van der Waals surface area contributed by atoms with E-state index in [9.17, 15) is 18.3 Å². The molecular weight excluding hydrogens is 432 g/mol. The minimum absolute atomic E-state index is 0.0909. The molecule has 9 nitrogen and oxygen atoms in total. The monoisotopic (exact) mass is 468 g/mol. The smallest absolute Gasteiger partial charge is 0.227 e. The van der Waals surface area contributed by atoms with Crippen LogP contribution in [0.4, 0.5) is 5.69 Å². The first-order valence-electron chi connectivity index (χ1n) is 11.0. The average Bonchev–Trinajstić information content (AvgIpc) is 2.96. The number of amides is 1. The van der Waals surface area contributed by atoms with Gasteiger partial charge >= 0.3 is 0 Å². The second-order valence-corrected chi connectivity index (χ2v) is 11.2. The van der Waals surface area contributed by atoms with Crippen LogP contribution in [0.25, 0.3) is 0 Å². The third-order valence-corrected chi connectivity index (χ3v) is 7.75. The van der Waals surface area contributed by atoms with E-state index in [1.807, 2.05) is 24.3 Å². The summed E-state index contributed by atoms with van der Waals surface area (Å²) >= 11 is 0. The standard InChI is InChI=1S/C22H36N4O5S/c1-23(2)21(27)18-15-24(13-14-26(16-18)32(4,29)30)17-22(28)9-11-25(12-10-22)19-5-7-20(31-3)8-6-19/h5-8,18,28H,9-17H2,1-4H3. The van der Waals surface area contributed by atoms with Crippen LogP contribution >= 0.6 is 0 Å². The molecule has 0 aromatic heterocycles. The Morgan fingerprint density at radius 3 is 2.28 bits per heavy atom. The van der Waals surface area contributed by atoms with Crippen molar-refractivity contribution in [2.24, 2.45) is 5.92 Å². The van der Waals surface area contributed by atoms with Crippen molar-refractivity contribution in [2.45, 2.75) is 18.4 Å². The highest BCUT2D eigenvalue weighted by molar-refractivity contribution is 7.88. The van der Waals surface area contributed by atoms with Gasteiger partial charge in [0.05, 0.1) is 24.9 Å². The first-order valence-corrected chi connectivity index (χ1v) is 12.9. The van der Waals surface area contributed by atoms with Crippen LogP contribution < -0.4 is 9.64 Å². The van der Waals surface area contributed by atoms with Crippen molar-refractivity contribution >= 4 is 21.6 Å². The molecule has 10 heteroatoms. The second kappa shape index (κ2) is 9.94. The van der Waals surface area contributed by atoms with Gasteiger partial charge in [0, 0.05) is 65.6 Å². The van der Waals surface area contributed by atoms with Gasteiger partial charge in [0.1, 0.15) is 5.75 Å². The predicted molar refractivity (Wildman–Crippen MR) is 124 cm³/mol. The molecule has 2 saturated heterocycles. The summed E-state index contributed by atoms with van der Waals surface area (Å²) in [5, 5.41) is 11.3. The number of nitrogens with zero attached hydrogens (tertiary/aromatic N) is 4. The third-order valence-electron chi connectivity index (χ3n) is 6.48. The van der Waals surface area contributed by atoms with E-state index in [0.717, 1.165) is 24.5 Å². The van der Waals surface area contributed by atoms with Crippen LogP contribution in [0.15, 0.2) is 24.3 Å². The van der Waals surface area contributed by atoms with Gasteiger partial charge in [-0.15, -0.1) is 0 Å². The van der Waals surface area contributed by atoms with Crippen molar-refractivity contribution in [3.8, 4) is 5.75 Å². The SMILES string of the molecule is COc1ccc(N2CCC(O)(CN3CCN(S(C)(=O)=O)CC(C(=O)N(C)C)C3)CC2)cc1. The number of anilines is 1. The molecular formula is C22H36N4O5S. The molecule has 2 aliphatic heterocycles. The minimum Gasteiger partial charge on any atom is -0.497 e. The molecule has 0 saturated carbocycles. The number of methoxy groups -OCH3 is 1. The Morgan fingerprint density at radius 1 is 1.12 bits per heavy atom. The number of β-amino-alcohol motifs (C(OH)–C–C–N with tert-alkyl or cyclic N) is 1. The van der Waals surface area contributed by atoms with Crippen molar-refractivity contribution in [3.05, 3.63) is 24.3 Å². The number of rotatable bonds is 6. The minimum atomic E-state index is -3.40. The first-order chi connectivity index (χ1) is 15.0. The summed E-state index contributed by atoms with van der Waals surface area (Å²) in [4.78, 5) is 18.5. The molecule has 1 unspecified atom stereocenters. The van der Waals surface area contributed by atoms with Gasteiger partial charge in [-0.25, -0.2) is 12.7 Å². The van der Waals surface area contributed by atoms with Gasteiger partial charge in [0.15, 0.2) is 0 Å². The molecule has 1 atom stereocenters. The van der Waals surface area contributed by atoms with Gasteiger partial charge < -0.3 is 19.6 Å². The van der Waals surface area contributed by atoms with Gasteiger partial charge in [-0.1, -0.05) is 0 Å². The molecule has 1 aromatic carbocycles. The number of hydrogen-bond donors (Lipinski definition) is 1. The topological polar surface area (TPSA) is 93.6 Å². The Kier molecular flexibility index (Phi) is 7.69. The highest BCUT2D eigenvalue weighted by Crippen LogP contribution is 2.29. The van der Waals surface area contributed by atoms with Crippen LogP contribution in [0.3, 0.4) is 0 Å². The summed E-state index contributed by atoms with van der Waals surface area (Å²) in [7, 11) is 1.62. The van der Waals surface area contributed by atoms with E-state index in [1.54, 1.807) is 21.2 Å². The molecule has 0 aliphatic carbocycles. The zero-order valence-electron chi connectivity index (χ0n) is 19.5. The highest BCUT2D eigenvalue weighted by atomic mass is 32.2. The molecule has 0 spiro atoms. The van der Waals surface area contributed by atoms with E-state index < -0.39 is 21.5 Å². The van der Waals surface area contributed by atoms with Gasteiger partial charge in [-0.3, -0.25) is 9.69 Å². The Bertz CT molecular complexity index is 882. The molecule has 0 bridgehead atoms. The molecule has 2 heterocycles. The van der Waals surface area contributed by atoms with E-state index in [2.05, 4.69) is 9.80 Å². The predicted octanol–water partition coefficient (Wildman–Crippen LogP) is 0.308. The second-order valence-electron chi connectivity index (χ2n) is 9.20. The van der Waals surface area contributed by atoms with Crippen molar-refractivity contribution in [2.75, 3.05) is 78.2 Å². The Balaban J connectivity index is 1.65. The molecule has 0 radical (unpaired) electrons. The Labute approximate surface area is 191 Å². The van der Waals surface area contributed by atoms with E-state index in [1.165, 1.54) is 15.5 Å². The number of ether oxygens (including phenoxy) is 1. The number of hydrogen-bond acceptors (Lipinski definition) is 7. The number of carbonyl (C=O) groups is 1. The summed E-state index contributed by atoms with van der Waals surface area (Å²) in [6.45, 7) is 3.32. The quantitative estimate of drug-likeness (QED) is 0.642. The van der Waals surface area contributed by atoms with Crippen molar-refractivity contribution < 1.29 is 23.1 Å². The van der Waals surface area contributed by atoms with E-state index >= 15 is 0 Å². The van der Waals surface area contributed by atoms with Crippen molar-refractivity contribution in [3.63, 3.8) is 0 Å². The van der Waals surface area contributed by atoms with E-state index in [-0.39, 0.29) is 12.5 Å². The molecule has 2 fully saturated rings. The molecule has 180 valence electrons. The zero-order valence-corrected chi connectivity index (χ0v) is 20.3. The van der Waals surface area contributed by atoms with Crippen LogP contribution in [0.5, 0.6) is 5.75 Å².